The Morgan fingerprint density at radius 1 is 1.03 bits per heavy atom. The Morgan fingerprint density at radius 3 is 2.33 bits per heavy atom. The molecule has 0 aliphatic carbocycles. The van der Waals surface area contributed by atoms with Gasteiger partial charge in [-0.1, -0.05) is 55.8 Å². The summed E-state index contributed by atoms with van der Waals surface area (Å²) < 4.78 is 0. The van der Waals surface area contributed by atoms with Crippen LogP contribution in [0.25, 0.3) is 0 Å². The molecule has 156 valence electrons. The van der Waals surface area contributed by atoms with E-state index in [1.54, 1.807) is 49.4 Å². The molecule has 1 heterocycles. The first-order chi connectivity index (χ1) is 14.3. The first-order valence-electron chi connectivity index (χ1n) is 9.73. The fraction of sp³-hybridized carbons (Fsp3) is 0.273. The number of nitrogens with zero attached hydrogens (tertiary/aromatic N) is 1. The van der Waals surface area contributed by atoms with Crippen LogP contribution in [0.5, 0.6) is 0 Å². The molecule has 30 heavy (non-hydrogen) atoms. The van der Waals surface area contributed by atoms with Gasteiger partial charge in [0.15, 0.2) is 0 Å². The van der Waals surface area contributed by atoms with Gasteiger partial charge >= 0.3 is 12.1 Å². The van der Waals surface area contributed by atoms with Gasteiger partial charge in [0.2, 0.25) is 5.91 Å². The summed E-state index contributed by atoms with van der Waals surface area (Å²) in [6.07, 6.45) is 1.93. The van der Waals surface area contributed by atoms with Crippen LogP contribution in [0.4, 0.5) is 15.3 Å². The highest BCUT2D eigenvalue weighted by Crippen LogP contribution is 2.29. The molecule has 8 nitrogen and oxygen atoms in total. The van der Waals surface area contributed by atoms with Crippen molar-refractivity contribution < 1.29 is 19.2 Å². The van der Waals surface area contributed by atoms with Crippen molar-refractivity contribution in [3.63, 3.8) is 0 Å². The van der Waals surface area contributed by atoms with Crippen LogP contribution in [0.15, 0.2) is 54.6 Å². The number of urea groups is 2. The molecule has 1 unspecified atom stereocenters. The van der Waals surface area contributed by atoms with Crippen molar-refractivity contribution in [2.75, 3.05) is 11.9 Å². The quantitative estimate of drug-likeness (QED) is 0.639. The fourth-order valence-electron chi connectivity index (χ4n) is 3.32. The standard InChI is InChI=1S/C22H24N4O4/c1-3-7-15-10-12-16(13-11-15)22(2)19(28)26(21(30)25-22)14-18(27)24-20(29)23-17-8-5-4-6-9-17/h4-6,8-13H,3,7,14H2,1-2H3,(H,25,30)(H2,23,24,27,29). The topological polar surface area (TPSA) is 108 Å². The number of benzene rings is 2. The summed E-state index contributed by atoms with van der Waals surface area (Å²) >= 11 is 0. The Balaban J connectivity index is 1.64. The lowest BCUT2D eigenvalue weighted by Crippen LogP contribution is -2.45. The zero-order valence-electron chi connectivity index (χ0n) is 16.9. The number of nitrogens with one attached hydrogen (secondary N) is 3. The molecular formula is C22H24N4O4. The molecule has 0 radical (unpaired) electrons. The number of anilines is 1. The van der Waals surface area contributed by atoms with Gasteiger partial charge in [-0.15, -0.1) is 0 Å². The van der Waals surface area contributed by atoms with E-state index in [-0.39, 0.29) is 0 Å². The van der Waals surface area contributed by atoms with Crippen molar-refractivity contribution in [1.29, 1.82) is 0 Å². The number of imide groups is 2. The van der Waals surface area contributed by atoms with Crippen LogP contribution in [0, 0.1) is 0 Å². The van der Waals surface area contributed by atoms with Crippen LogP contribution in [0.2, 0.25) is 0 Å². The van der Waals surface area contributed by atoms with Gasteiger partial charge in [0.05, 0.1) is 0 Å². The lowest BCUT2D eigenvalue weighted by molar-refractivity contribution is -0.134. The monoisotopic (exact) mass is 408 g/mol. The smallest absolute Gasteiger partial charge is 0.319 e. The Bertz CT molecular complexity index is 959. The van der Waals surface area contributed by atoms with E-state index in [1.807, 2.05) is 12.1 Å². The molecule has 0 bridgehead atoms. The average Bonchev–Trinajstić information content (AvgIpc) is 2.93. The summed E-state index contributed by atoms with van der Waals surface area (Å²) in [7, 11) is 0. The second kappa shape index (κ2) is 8.77. The van der Waals surface area contributed by atoms with Gasteiger partial charge < -0.3 is 10.6 Å². The van der Waals surface area contributed by atoms with Crippen molar-refractivity contribution in [2.24, 2.45) is 0 Å². The second-order valence-corrected chi connectivity index (χ2v) is 7.26. The van der Waals surface area contributed by atoms with Crippen LogP contribution in [-0.2, 0) is 21.5 Å². The molecule has 1 atom stereocenters. The summed E-state index contributed by atoms with van der Waals surface area (Å²) in [6, 6.07) is 14.6. The fourth-order valence-corrected chi connectivity index (χ4v) is 3.32. The Kier molecular flexibility index (Phi) is 6.15. The van der Waals surface area contributed by atoms with Crippen molar-refractivity contribution >= 4 is 29.6 Å². The van der Waals surface area contributed by atoms with E-state index in [9.17, 15) is 19.2 Å². The molecule has 0 saturated carbocycles. The maximum Gasteiger partial charge on any atom is 0.325 e. The van der Waals surface area contributed by atoms with Crippen molar-refractivity contribution in [3.05, 3.63) is 65.7 Å². The highest BCUT2D eigenvalue weighted by molar-refractivity contribution is 6.10. The number of carbonyl (C=O) groups is 4. The molecule has 0 aromatic heterocycles. The Morgan fingerprint density at radius 2 is 1.70 bits per heavy atom. The van der Waals surface area contributed by atoms with E-state index in [4.69, 9.17) is 0 Å². The largest absolute Gasteiger partial charge is 0.325 e. The molecule has 3 rings (SSSR count). The third-order valence-corrected chi connectivity index (χ3v) is 4.93. The maximum absolute atomic E-state index is 12.9. The van der Waals surface area contributed by atoms with Gasteiger partial charge in [-0.2, -0.15) is 0 Å². The molecule has 1 aliphatic rings. The maximum atomic E-state index is 12.9. The second-order valence-electron chi connectivity index (χ2n) is 7.26. The first kappa shape index (κ1) is 21.0. The lowest BCUT2D eigenvalue weighted by Gasteiger charge is -2.22. The van der Waals surface area contributed by atoms with E-state index in [1.165, 1.54) is 0 Å². The molecule has 6 amide bonds. The van der Waals surface area contributed by atoms with Crippen LogP contribution in [-0.4, -0.2) is 35.3 Å². The van der Waals surface area contributed by atoms with Gasteiger partial charge in [0.1, 0.15) is 12.1 Å². The molecule has 0 spiro atoms. The minimum Gasteiger partial charge on any atom is -0.319 e. The minimum atomic E-state index is -1.27. The third kappa shape index (κ3) is 4.48. The molecule has 2 aromatic carbocycles. The van der Waals surface area contributed by atoms with Crippen molar-refractivity contribution in [1.82, 2.24) is 15.5 Å². The Hall–Kier alpha value is -3.68. The summed E-state index contributed by atoms with van der Waals surface area (Å²) in [5, 5.41) is 7.28. The van der Waals surface area contributed by atoms with Gasteiger partial charge in [-0.3, -0.25) is 19.8 Å². The van der Waals surface area contributed by atoms with Crippen LogP contribution >= 0.6 is 0 Å². The van der Waals surface area contributed by atoms with E-state index >= 15 is 0 Å². The van der Waals surface area contributed by atoms with Gasteiger partial charge in [-0.05, 0) is 36.6 Å². The highest BCUT2D eigenvalue weighted by Gasteiger charge is 2.49. The highest BCUT2D eigenvalue weighted by atomic mass is 16.2. The zero-order valence-corrected chi connectivity index (χ0v) is 16.9. The number of hydrogen-bond donors (Lipinski definition) is 3. The molecule has 2 aromatic rings. The van der Waals surface area contributed by atoms with Gasteiger partial charge in [0.25, 0.3) is 5.91 Å². The van der Waals surface area contributed by atoms with Crippen molar-refractivity contribution in [2.45, 2.75) is 32.2 Å². The minimum absolute atomic E-state index is 0.511. The number of carbonyl (C=O) groups excluding carboxylic acids is 4. The normalized spacial score (nSPS) is 18.1. The molecular weight excluding hydrogens is 384 g/mol. The Labute approximate surface area is 174 Å². The predicted octanol–water partition coefficient (Wildman–Crippen LogP) is 2.75. The SMILES string of the molecule is CCCc1ccc(C2(C)NC(=O)N(CC(=O)NC(=O)Nc3ccccc3)C2=O)cc1. The molecule has 8 heteroatoms. The van der Waals surface area contributed by atoms with Gasteiger partial charge in [-0.25, -0.2) is 9.59 Å². The number of hydrogen-bond acceptors (Lipinski definition) is 4. The van der Waals surface area contributed by atoms with E-state index in [2.05, 4.69) is 22.9 Å². The lowest BCUT2D eigenvalue weighted by atomic mass is 9.91. The third-order valence-electron chi connectivity index (χ3n) is 4.93. The number of rotatable bonds is 6. The zero-order chi connectivity index (χ0) is 21.7. The summed E-state index contributed by atoms with van der Waals surface area (Å²) in [5.41, 5.74) is 1.01. The summed E-state index contributed by atoms with van der Waals surface area (Å²) in [6.45, 7) is 3.12. The van der Waals surface area contributed by atoms with Crippen LogP contribution in [0.1, 0.15) is 31.4 Å². The van der Waals surface area contributed by atoms with E-state index in [0.717, 1.165) is 23.3 Å². The molecule has 3 N–H and O–H groups in total. The summed E-state index contributed by atoms with van der Waals surface area (Å²) in [5.74, 6) is -1.32. The molecule has 1 saturated heterocycles. The van der Waals surface area contributed by atoms with E-state index < -0.39 is 36.0 Å². The molecule has 1 aliphatic heterocycles. The summed E-state index contributed by atoms with van der Waals surface area (Å²) in [4.78, 5) is 50.3. The number of aryl methyl sites for hydroxylation is 1. The van der Waals surface area contributed by atoms with Gasteiger partial charge in [0, 0.05) is 5.69 Å². The van der Waals surface area contributed by atoms with Crippen LogP contribution < -0.4 is 16.0 Å². The van der Waals surface area contributed by atoms with Crippen LogP contribution in [0.3, 0.4) is 0 Å². The molecule has 1 fully saturated rings. The number of para-hydroxylation sites is 1. The first-order valence-corrected chi connectivity index (χ1v) is 9.73. The number of amides is 6. The predicted molar refractivity (Wildman–Crippen MR) is 112 cm³/mol. The average molecular weight is 408 g/mol. The van der Waals surface area contributed by atoms with E-state index in [0.29, 0.717) is 11.3 Å². The van der Waals surface area contributed by atoms with Crippen molar-refractivity contribution in [3.8, 4) is 0 Å².